The van der Waals surface area contributed by atoms with Crippen molar-refractivity contribution >= 4 is 121 Å². The smallest absolute Gasteiger partial charge is 0.159 e. The molecule has 0 bridgehead atoms. The number of furan rings is 2. The van der Waals surface area contributed by atoms with Crippen molar-refractivity contribution in [3.63, 3.8) is 0 Å². The summed E-state index contributed by atoms with van der Waals surface area (Å²) in [6, 6.07) is 95.0. The standard InChI is InChI=1S/C89H69N3O2/c1-54-37-43-60(44-38-54)90(80-35-17-31-70-68-29-15-27-66(85(68)93-87(70)80)56-19-5-3-6-20-56)62-47-50-78-72(51-62)73-52-63(91(61-45-39-55(2)40-46-61)81-36-18-32-71-69-30-16-28-67(86(69)94-88(71)81)57-21-7-4-8-22-57)53-77-84(73)92(78)79-34-14-13-33-74(79)89(77)75-48-41-58-23-9-11-25-64(58)82(75)83-65-26-12-10-24-59(65)42-49-76(83)89/h9-18,23-53,56-57H,3-8,19-22H2,1-2H3. The fraction of sp³-hybridized carbons (Fsp3) is 0.169. The van der Waals surface area contributed by atoms with Gasteiger partial charge in [-0.05, 0) is 190 Å². The molecule has 0 saturated heterocycles. The Morgan fingerprint density at radius 2 is 0.798 bits per heavy atom. The van der Waals surface area contributed by atoms with Crippen molar-refractivity contribution in [2.45, 2.75) is 95.3 Å². The maximum absolute atomic E-state index is 7.52. The Kier molecular flexibility index (Phi) is 11.9. The number of hydrogen-bond donors (Lipinski definition) is 0. The van der Waals surface area contributed by atoms with E-state index in [-0.39, 0.29) is 0 Å². The Hall–Kier alpha value is -10.6. The van der Waals surface area contributed by atoms with E-state index in [1.54, 1.807) is 0 Å². The molecule has 4 aliphatic rings. The van der Waals surface area contributed by atoms with E-state index in [1.807, 2.05) is 0 Å². The summed E-state index contributed by atoms with van der Waals surface area (Å²) in [6.07, 6.45) is 12.4. The molecule has 3 aliphatic carbocycles. The van der Waals surface area contributed by atoms with Crippen LogP contribution in [0.5, 0.6) is 0 Å². The normalized spacial score (nSPS) is 15.3. The summed E-state index contributed by atoms with van der Waals surface area (Å²) in [5.74, 6) is 0.971. The molecule has 0 N–H and O–H groups in total. The summed E-state index contributed by atoms with van der Waals surface area (Å²) >= 11 is 0. The number of benzene rings is 13. The van der Waals surface area contributed by atoms with E-state index in [4.69, 9.17) is 8.83 Å². The molecule has 0 unspecified atom stereocenters. The lowest BCUT2D eigenvalue weighted by atomic mass is 9.65. The molecular weight excluding hydrogens is 1140 g/mol. The van der Waals surface area contributed by atoms with Crippen LogP contribution in [0, 0.1) is 13.8 Å². The molecule has 0 radical (unpaired) electrons. The first-order chi connectivity index (χ1) is 46.5. The monoisotopic (exact) mass is 1210 g/mol. The molecular formula is C89H69N3O2. The van der Waals surface area contributed by atoms with Crippen LogP contribution in [-0.2, 0) is 5.41 Å². The lowest BCUT2D eigenvalue weighted by molar-refractivity contribution is 0.442. The molecule has 94 heavy (non-hydrogen) atoms. The molecule has 5 nitrogen and oxygen atoms in total. The van der Waals surface area contributed by atoms with Gasteiger partial charge in [0.25, 0.3) is 0 Å². The number of rotatable bonds is 8. The molecule has 1 aliphatic heterocycles. The topological polar surface area (TPSA) is 37.7 Å². The van der Waals surface area contributed by atoms with Gasteiger partial charge < -0.3 is 23.2 Å². The van der Waals surface area contributed by atoms with Crippen molar-refractivity contribution in [2.75, 3.05) is 9.80 Å². The van der Waals surface area contributed by atoms with Crippen molar-refractivity contribution in [1.82, 2.24) is 4.57 Å². The van der Waals surface area contributed by atoms with Crippen molar-refractivity contribution in [3.05, 3.63) is 293 Å². The molecule has 16 aromatic rings. The second kappa shape index (κ2) is 20.7. The zero-order valence-corrected chi connectivity index (χ0v) is 53.1. The van der Waals surface area contributed by atoms with Crippen LogP contribution in [0.4, 0.5) is 34.1 Å². The summed E-state index contributed by atoms with van der Waals surface area (Å²) in [7, 11) is 0. The van der Waals surface area contributed by atoms with E-state index in [2.05, 4.69) is 277 Å². The van der Waals surface area contributed by atoms with E-state index in [0.717, 1.165) is 78.1 Å². The highest BCUT2D eigenvalue weighted by Gasteiger charge is 2.52. The maximum Gasteiger partial charge on any atom is 0.159 e. The number of aryl methyl sites for hydroxylation is 2. The van der Waals surface area contributed by atoms with E-state index in [0.29, 0.717) is 11.8 Å². The predicted molar refractivity (Wildman–Crippen MR) is 392 cm³/mol. The van der Waals surface area contributed by atoms with Gasteiger partial charge in [0.1, 0.15) is 11.2 Å². The molecule has 20 rings (SSSR count). The van der Waals surface area contributed by atoms with E-state index in [9.17, 15) is 0 Å². The summed E-state index contributed by atoms with van der Waals surface area (Å²) in [4.78, 5) is 4.97. The highest BCUT2D eigenvalue weighted by atomic mass is 16.3. The summed E-state index contributed by atoms with van der Waals surface area (Å²) in [5, 5.41) is 12.0. The van der Waals surface area contributed by atoms with Crippen LogP contribution < -0.4 is 9.80 Å². The van der Waals surface area contributed by atoms with Gasteiger partial charge in [-0.25, -0.2) is 0 Å². The van der Waals surface area contributed by atoms with Crippen LogP contribution in [0.15, 0.2) is 258 Å². The Balaban J connectivity index is 0.912. The molecule has 3 aromatic heterocycles. The molecule has 5 heteroatoms. The van der Waals surface area contributed by atoms with Crippen molar-refractivity contribution < 1.29 is 8.83 Å². The number of hydrogen-bond acceptors (Lipinski definition) is 4. The van der Waals surface area contributed by atoms with Gasteiger partial charge in [0, 0.05) is 55.1 Å². The number of nitrogens with zero attached hydrogens (tertiary/aromatic N) is 3. The van der Waals surface area contributed by atoms with Crippen molar-refractivity contribution in [3.8, 4) is 16.8 Å². The van der Waals surface area contributed by atoms with Crippen LogP contribution in [0.3, 0.4) is 0 Å². The van der Waals surface area contributed by atoms with Gasteiger partial charge in [-0.3, -0.25) is 0 Å². The molecule has 0 amide bonds. The summed E-state index contributed by atoms with van der Waals surface area (Å²) < 4.78 is 17.5. The van der Waals surface area contributed by atoms with Gasteiger partial charge in [0.05, 0.1) is 33.5 Å². The van der Waals surface area contributed by atoms with Crippen LogP contribution >= 0.6 is 0 Å². The van der Waals surface area contributed by atoms with E-state index < -0.39 is 5.41 Å². The average Bonchev–Trinajstić information content (AvgIpc) is 1.47. The Morgan fingerprint density at radius 1 is 0.340 bits per heavy atom. The largest absolute Gasteiger partial charge is 0.454 e. The van der Waals surface area contributed by atoms with Crippen LogP contribution in [0.1, 0.15) is 121 Å². The lowest BCUT2D eigenvalue weighted by Crippen LogP contribution is -2.33. The minimum absolute atomic E-state index is 0.477. The average molecular weight is 1210 g/mol. The first kappa shape index (κ1) is 54.0. The Bertz CT molecular complexity index is 5720. The predicted octanol–water partition coefficient (Wildman–Crippen LogP) is 25.2. The number of aromatic nitrogens is 1. The molecule has 1 spiro atoms. The first-order valence-corrected chi connectivity index (χ1v) is 34.4. The first-order valence-electron chi connectivity index (χ1n) is 34.4. The van der Waals surface area contributed by atoms with E-state index in [1.165, 1.54) is 169 Å². The minimum Gasteiger partial charge on any atom is -0.454 e. The molecule has 4 heterocycles. The minimum atomic E-state index is -0.767. The molecule has 13 aromatic carbocycles. The summed E-state index contributed by atoms with van der Waals surface area (Å²) in [5.41, 5.74) is 25.7. The maximum atomic E-state index is 7.52. The SMILES string of the molecule is Cc1ccc(N(c2ccc3c(c2)c2cc(N(c4ccc(C)cc4)c4cccc5c4oc4c(C6CCCCC6)cccc45)cc4c2n3-c2ccccc2C42c3ccc4ccccc4c3-c3c2ccc2ccccc32)c2cccc3c2oc2c(C4CCCCC4)cccc23)cc1. The third-order valence-electron chi connectivity index (χ3n) is 22.4. The van der Waals surface area contributed by atoms with Crippen LogP contribution in [0.25, 0.3) is 104 Å². The van der Waals surface area contributed by atoms with Gasteiger partial charge in [-0.2, -0.15) is 0 Å². The lowest BCUT2D eigenvalue weighted by Gasteiger charge is -2.40. The number of anilines is 6. The van der Waals surface area contributed by atoms with Crippen LogP contribution in [0.2, 0.25) is 0 Å². The third kappa shape index (κ3) is 7.70. The van der Waals surface area contributed by atoms with Crippen molar-refractivity contribution in [1.29, 1.82) is 0 Å². The quantitative estimate of drug-likeness (QED) is 0.152. The van der Waals surface area contributed by atoms with Gasteiger partial charge in [0.2, 0.25) is 0 Å². The number of fused-ring (bicyclic) bond motifs is 22. The molecule has 0 atom stereocenters. The Morgan fingerprint density at radius 3 is 1.35 bits per heavy atom. The molecule has 2 fully saturated rings. The fourth-order valence-corrected chi connectivity index (χ4v) is 18.2. The second-order valence-electron chi connectivity index (χ2n) is 27.6. The van der Waals surface area contributed by atoms with Gasteiger partial charge in [-0.1, -0.05) is 226 Å². The van der Waals surface area contributed by atoms with Crippen LogP contribution in [-0.4, -0.2) is 4.57 Å². The second-order valence-corrected chi connectivity index (χ2v) is 27.6. The zero-order valence-electron chi connectivity index (χ0n) is 53.1. The Labute approximate surface area is 546 Å². The highest BCUT2D eigenvalue weighted by molar-refractivity contribution is 6.20. The summed E-state index contributed by atoms with van der Waals surface area (Å²) in [6.45, 7) is 4.37. The highest BCUT2D eigenvalue weighted by Crippen LogP contribution is 2.65. The number of para-hydroxylation sites is 5. The molecule has 452 valence electrons. The van der Waals surface area contributed by atoms with Crippen molar-refractivity contribution in [2.24, 2.45) is 0 Å². The fourth-order valence-electron chi connectivity index (χ4n) is 18.2. The van der Waals surface area contributed by atoms with Gasteiger partial charge in [-0.15, -0.1) is 0 Å². The zero-order chi connectivity index (χ0) is 61.9. The van der Waals surface area contributed by atoms with Gasteiger partial charge >= 0.3 is 0 Å². The van der Waals surface area contributed by atoms with Gasteiger partial charge in [0.15, 0.2) is 11.2 Å². The third-order valence-corrected chi connectivity index (χ3v) is 22.4. The van der Waals surface area contributed by atoms with E-state index >= 15 is 0 Å². The molecule has 2 saturated carbocycles.